The summed E-state index contributed by atoms with van der Waals surface area (Å²) >= 11 is 0. The molecule has 0 spiro atoms. The highest BCUT2D eigenvalue weighted by Crippen LogP contribution is 2.02. The van der Waals surface area contributed by atoms with E-state index in [0.717, 1.165) is 19.5 Å². The average Bonchev–Trinajstić information content (AvgIpc) is 2.36. The van der Waals surface area contributed by atoms with Gasteiger partial charge in [-0.1, -0.05) is 18.1 Å². The minimum atomic E-state index is 0.0545. The first kappa shape index (κ1) is 13.4. The number of hydrogen-bond acceptors (Lipinski definition) is 4. The Hall–Kier alpha value is -1.62. The summed E-state index contributed by atoms with van der Waals surface area (Å²) in [7, 11) is 2.03. The minimum absolute atomic E-state index is 0.0545. The Morgan fingerprint density at radius 1 is 1.65 bits per heavy atom. The van der Waals surface area contributed by atoms with Crippen molar-refractivity contribution in [3.63, 3.8) is 0 Å². The Morgan fingerprint density at radius 3 is 3.00 bits per heavy atom. The predicted octanol–water partition coefficient (Wildman–Crippen LogP) is 0.938. The molecule has 5 heteroatoms. The molecule has 1 heterocycles. The SMILES string of the molecule is CC(CN(C)CCc1cccnc1)C(N)=NO. The van der Waals surface area contributed by atoms with E-state index < -0.39 is 0 Å². The van der Waals surface area contributed by atoms with Gasteiger partial charge in [-0.3, -0.25) is 4.98 Å². The number of rotatable bonds is 6. The van der Waals surface area contributed by atoms with Crippen molar-refractivity contribution in [2.75, 3.05) is 20.1 Å². The Balaban J connectivity index is 2.33. The van der Waals surface area contributed by atoms with Crippen LogP contribution in [0.25, 0.3) is 0 Å². The van der Waals surface area contributed by atoms with Gasteiger partial charge in [0.2, 0.25) is 0 Å². The summed E-state index contributed by atoms with van der Waals surface area (Å²) in [5.74, 6) is 0.331. The van der Waals surface area contributed by atoms with Crippen molar-refractivity contribution in [2.24, 2.45) is 16.8 Å². The predicted molar refractivity (Wildman–Crippen MR) is 68.0 cm³/mol. The number of hydrogen-bond donors (Lipinski definition) is 2. The summed E-state index contributed by atoms with van der Waals surface area (Å²) in [6.07, 6.45) is 4.60. The topological polar surface area (TPSA) is 74.7 Å². The molecule has 0 aliphatic heterocycles. The van der Waals surface area contributed by atoms with Crippen LogP contribution in [0.2, 0.25) is 0 Å². The number of nitrogens with two attached hydrogens (primary N) is 1. The summed E-state index contributed by atoms with van der Waals surface area (Å²) in [4.78, 5) is 6.24. The first-order chi connectivity index (χ1) is 8.13. The molecule has 5 nitrogen and oxygen atoms in total. The third-order valence-corrected chi connectivity index (χ3v) is 2.71. The Bertz CT molecular complexity index is 353. The molecule has 1 aromatic rings. The molecular formula is C12H20N4O. The fraction of sp³-hybridized carbons (Fsp3) is 0.500. The maximum Gasteiger partial charge on any atom is 0.143 e. The Labute approximate surface area is 102 Å². The second-order valence-electron chi connectivity index (χ2n) is 4.30. The molecule has 3 N–H and O–H groups in total. The van der Waals surface area contributed by atoms with Crippen LogP contribution in [0, 0.1) is 5.92 Å². The van der Waals surface area contributed by atoms with Crippen LogP contribution in [0.5, 0.6) is 0 Å². The molecule has 1 unspecified atom stereocenters. The van der Waals surface area contributed by atoms with Gasteiger partial charge in [0.15, 0.2) is 0 Å². The van der Waals surface area contributed by atoms with Crippen molar-refractivity contribution in [3.05, 3.63) is 30.1 Å². The van der Waals surface area contributed by atoms with Crippen LogP contribution in [-0.2, 0) is 6.42 Å². The molecule has 1 aromatic heterocycles. The minimum Gasteiger partial charge on any atom is -0.409 e. The van der Waals surface area contributed by atoms with Gasteiger partial charge >= 0.3 is 0 Å². The summed E-state index contributed by atoms with van der Waals surface area (Å²) in [5, 5.41) is 11.6. The monoisotopic (exact) mass is 236 g/mol. The van der Waals surface area contributed by atoms with Gasteiger partial charge < -0.3 is 15.8 Å². The van der Waals surface area contributed by atoms with Gasteiger partial charge in [0.05, 0.1) is 0 Å². The largest absolute Gasteiger partial charge is 0.409 e. The highest BCUT2D eigenvalue weighted by atomic mass is 16.4. The fourth-order valence-electron chi connectivity index (χ4n) is 1.62. The van der Waals surface area contributed by atoms with Crippen molar-refractivity contribution >= 4 is 5.84 Å². The Morgan fingerprint density at radius 2 is 2.41 bits per heavy atom. The number of pyridine rings is 1. The summed E-state index contributed by atoms with van der Waals surface area (Å²) in [6, 6.07) is 4.00. The zero-order chi connectivity index (χ0) is 12.7. The van der Waals surface area contributed by atoms with E-state index >= 15 is 0 Å². The quantitative estimate of drug-likeness (QED) is 0.333. The summed E-state index contributed by atoms with van der Waals surface area (Å²) in [5.41, 5.74) is 6.75. The normalized spacial score (nSPS) is 13.9. The number of amidine groups is 1. The maximum atomic E-state index is 8.56. The fourth-order valence-corrected chi connectivity index (χ4v) is 1.62. The van der Waals surface area contributed by atoms with Crippen LogP contribution in [0.3, 0.4) is 0 Å². The first-order valence-electron chi connectivity index (χ1n) is 5.68. The highest BCUT2D eigenvalue weighted by Gasteiger charge is 2.10. The van der Waals surface area contributed by atoms with Gasteiger partial charge in [0, 0.05) is 31.4 Å². The van der Waals surface area contributed by atoms with Gasteiger partial charge in [0.25, 0.3) is 0 Å². The van der Waals surface area contributed by atoms with E-state index in [9.17, 15) is 0 Å². The van der Waals surface area contributed by atoms with Crippen molar-refractivity contribution in [1.29, 1.82) is 0 Å². The third kappa shape index (κ3) is 4.82. The first-order valence-corrected chi connectivity index (χ1v) is 5.68. The number of aromatic nitrogens is 1. The van der Waals surface area contributed by atoms with Crippen molar-refractivity contribution in [2.45, 2.75) is 13.3 Å². The summed E-state index contributed by atoms with van der Waals surface area (Å²) in [6.45, 7) is 3.64. The molecule has 0 bridgehead atoms. The second-order valence-corrected chi connectivity index (χ2v) is 4.30. The molecule has 0 radical (unpaired) electrons. The third-order valence-electron chi connectivity index (χ3n) is 2.71. The Kier molecular flexibility index (Phi) is 5.42. The molecule has 0 fully saturated rings. The zero-order valence-electron chi connectivity index (χ0n) is 10.4. The zero-order valence-corrected chi connectivity index (χ0v) is 10.4. The van der Waals surface area contributed by atoms with E-state index in [1.54, 1.807) is 6.20 Å². The van der Waals surface area contributed by atoms with Crippen LogP contribution in [0.4, 0.5) is 0 Å². The molecule has 0 amide bonds. The van der Waals surface area contributed by atoms with E-state index in [1.807, 2.05) is 26.2 Å². The van der Waals surface area contributed by atoms with E-state index in [2.05, 4.69) is 21.1 Å². The van der Waals surface area contributed by atoms with Crippen LogP contribution >= 0.6 is 0 Å². The number of nitrogens with zero attached hydrogens (tertiary/aromatic N) is 3. The van der Waals surface area contributed by atoms with Gasteiger partial charge in [-0.25, -0.2) is 0 Å². The summed E-state index contributed by atoms with van der Waals surface area (Å²) < 4.78 is 0. The van der Waals surface area contributed by atoms with E-state index in [0.29, 0.717) is 0 Å². The van der Waals surface area contributed by atoms with Gasteiger partial charge in [-0.2, -0.15) is 0 Å². The molecule has 0 aliphatic carbocycles. The molecule has 0 aromatic carbocycles. The smallest absolute Gasteiger partial charge is 0.143 e. The molecule has 0 saturated carbocycles. The molecule has 0 saturated heterocycles. The lowest BCUT2D eigenvalue weighted by Gasteiger charge is -2.20. The lowest BCUT2D eigenvalue weighted by molar-refractivity contribution is 0.296. The number of oxime groups is 1. The van der Waals surface area contributed by atoms with Crippen LogP contribution < -0.4 is 5.73 Å². The lowest BCUT2D eigenvalue weighted by Crippen LogP contribution is -2.33. The second kappa shape index (κ2) is 6.85. The van der Waals surface area contributed by atoms with E-state index in [4.69, 9.17) is 10.9 Å². The molecule has 17 heavy (non-hydrogen) atoms. The maximum absolute atomic E-state index is 8.56. The standard InChI is InChI=1S/C12H20N4O/c1-10(12(13)15-17)9-16(2)7-5-11-4-3-6-14-8-11/h3-4,6,8,10,17H,5,7,9H2,1-2H3,(H2,13,15). The molecule has 1 atom stereocenters. The molecule has 94 valence electrons. The van der Waals surface area contributed by atoms with Gasteiger partial charge in [-0.05, 0) is 25.1 Å². The van der Waals surface area contributed by atoms with E-state index in [1.165, 1.54) is 5.56 Å². The highest BCUT2D eigenvalue weighted by molar-refractivity contribution is 5.82. The van der Waals surface area contributed by atoms with Gasteiger partial charge in [0.1, 0.15) is 5.84 Å². The lowest BCUT2D eigenvalue weighted by atomic mass is 10.1. The average molecular weight is 236 g/mol. The molecule has 0 aliphatic rings. The molecular weight excluding hydrogens is 216 g/mol. The molecule has 1 rings (SSSR count). The van der Waals surface area contributed by atoms with E-state index in [-0.39, 0.29) is 11.8 Å². The van der Waals surface area contributed by atoms with Crippen LogP contribution in [-0.4, -0.2) is 41.1 Å². The van der Waals surface area contributed by atoms with Crippen LogP contribution in [0.15, 0.2) is 29.7 Å². The van der Waals surface area contributed by atoms with Crippen molar-refractivity contribution in [3.8, 4) is 0 Å². The van der Waals surface area contributed by atoms with Crippen LogP contribution in [0.1, 0.15) is 12.5 Å². The van der Waals surface area contributed by atoms with Crippen molar-refractivity contribution < 1.29 is 5.21 Å². The van der Waals surface area contributed by atoms with Gasteiger partial charge in [-0.15, -0.1) is 0 Å². The van der Waals surface area contributed by atoms with Crippen molar-refractivity contribution in [1.82, 2.24) is 9.88 Å². The number of likely N-dealkylation sites (N-methyl/N-ethyl adjacent to an activating group) is 1.